The summed E-state index contributed by atoms with van der Waals surface area (Å²) in [6, 6.07) is 4.79. The van der Waals surface area contributed by atoms with Gasteiger partial charge >= 0.3 is 0 Å². The molecule has 1 aliphatic carbocycles. The summed E-state index contributed by atoms with van der Waals surface area (Å²) in [4.78, 5) is 25.2. The Hall–Kier alpha value is -1.76. The molecule has 1 aromatic carbocycles. The summed E-state index contributed by atoms with van der Waals surface area (Å²) in [5.41, 5.74) is 0.864. The van der Waals surface area contributed by atoms with Crippen molar-refractivity contribution in [3.05, 3.63) is 33.9 Å². The summed E-state index contributed by atoms with van der Waals surface area (Å²) in [6.45, 7) is 2.19. The highest BCUT2D eigenvalue weighted by atomic mass is 32.2. The summed E-state index contributed by atoms with van der Waals surface area (Å²) in [5.74, 6) is -0.230. The van der Waals surface area contributed by atoms with Gasteiger partial charge in [-0.15, -0.1) is 0 Å². The van der Waals surface area contributed by atoms with E-state index in [1.54, 1.807) is 17.0 Å². The minimum Gasteiger partial charge on any atom is -0.384 e. The Kier molecular flexibility index (Phi) is 4.99. The molecule has 0 atom stereocenters. The predicted octanol–water partition coefficient (Wildman–Crippen LogP) is 3.53. The van der Waals surface area contributed by atoms with Gasteiger partial charge in [0.15, 0.2) is 0 Å². The minimum atomic E-state index is -0.470. The Labute approximate surface area is 146 Å². The maximum Gasteiger partial charge on any atom is 0.282 e. The van der Waals surface area contributed by atoms with Crippen molar-refractivity contribution in [2.75, 3.05) is 31.2 Å². The Morgan fingerprint density at radius 2 is 2.04 bits per heavy atom. The van der Waals surface area contributed by atoms with Gasteiger partial charge in [0.25, 0.3) is 11.6 Å². The number of hydrogen-bond acceptors (Lipinski definition) is 5. The maximum atomic E-state index is 12.6. The molecule has 1 amide bonds. The second-order valence-corrected chi connectivity index (χ2v) is 7.86. The molecule has 2 fully saturated rings. The average molecular weight is 349 g/mol. The number of hydrogen-bond donors (Lipinski definition) is 1. The molecule has 1 aliphatic heterocycles. The quantitative estimate of drug-likeness (QED) is 0.628. The van der Waals surface area contributed by atoms with Gasteiger partial charge in [-0.05, 0) is 44.1 Å². The number of thioether (sulfide) groups is 1. The molecule has 24 heavy (non-hydrogen) atoms. The van der Waals surface area contributed by atoms with Crippen LogP contribution in [0, 0.1) is 10.1 Å². The summed E-state index contributed by atoms with van der Waals surface area (Å²) in [6.07, 6.45) is 7.68. The van der Waals surface area contributed by atoms with E-state index in [9.17, 15) is 14.9 Å². The number of benzene rings is 1. The highest BCUT2D eigenvalue weighted by Gasteiger charge is 2.36. The van der Waals surface area contributed by atoms with Gasteiger partial charge in [-0.1, -0.05) is 6.42 Å². The third-order valence-corrected chi connectivity index (χ3v) is 6.55. The lowest BCUT2D eigenvalue weighted by Gasteiger charge is -2.40. The number of rotatable bonds is 6. The number of nitro benzene ring substituents is 1. The fourth-order valence-corrected chi connectivity index (χ4v) is 4.27. The monoisotopic (exact) mass is 349 g/mol. The molecule has 2 aliphatic rings. The van der Waals surface area contributed by atoms with Gasteiger partial charge in [-0.2, -0.15) is 11.8 Å². The first kappa shape index (κ1) is 17.1. The highest BCUT2D eigenvalue weighted by Crippen LogP contribution is 2.42. The summed E-state index contributed by atoms with van der Waals surface area (Å²) < 4.78 is 0.265. The number of nitro groups is 1. The van der Waals surface area contributed by atoms with Gasteiger partial charge in [0.05, 0.1) is 4.92 Å². The Balaban J connectivity index is 1.79. The van der Waals surface area contributed by atoms with Crippen molar-refractivity contribution in [3.63, 3.8) is 0 Å². The van der Waals surface area contributed by atoms with E-state index < -0.39 is 4.92 Å². The number of nitrogens with zero attached hydrogens (tertiary/aromatic N) is 2. The van der Waals surface area contributed by atoms with Crippen molar-refractivity contribution >= 4 is 29.0 Å². The van der Waals surface area contributed by atoms with Gasteiger partial charge < -0.3 is 10.2 Å². The van der Waals surface area contributed by atoms with Crippen LogP contribution in [0.3, 0.4) is 0 Å². The van der Waals surface area contributed by atoms with Crippen LogP contribution in [-0.4, -0.2) is 46.4 Å². The largest absolute Gasteiger partial charge is 0.384 e. The van der Waals surface area contributed by atoms with Crippen LogP contribution in [0.4, 0.5) is 11.4 Å². The highest BCUT2D eigenvalue weighted by molar-refractivity contribution is 8.00. The smallest absolute Gasteiger partial charge is 0.282 e. The molecule has 0 radical (unpaired) electrons. The molecular weight excluding hydrogens is 326 g/mol. The van der Waals surface area contributed by atoms with Crippen LogP contribution in [0.5, 0.6) is 0 Å². The van der Waals surface area contributed by atoms with Crippen molar-refractivity contribution in [1.29, 1.82) is 0 Å². The Bertz CT molecular complexity index is 634. The molecule has 1 saturated heterocycles. The fourth-order valence-electron chi connectivity index (χ4n) is 3.35. The van der Waals surface area contributed by atoms with Crippen molar-refractivity contribution in [2.24, 2.45) is 0 Å². The molecule has 0 bridgehead atoms. The van der Waals surface area contributed by atoms with Crippen LogP contribution in [0.1, 0.15) is 42.5 Å². The Morgan fingerprint density at radius 3 is 2.58 bits per heavy atom. The van der Waals surface area contributed by atoms with E-state index in [1.165, 1.54) is 25.3 Å². The first-order valence-electron chi connectivity index (χ1n) is 8.41. The standard InChI is InChI=1S/C17H23N3O3S/c1-24-17(7-4-8-17)12-18-13-5-6-15(20(22)23)14(11-13)16(21)19-9-2-3-10-19/h5-6,11,18H,2-4,7-10,12H2,1H3. The summed E-state index contributed by atoms with van der Waals surface area (Å²) in [5, 5.41) is 14.7. The lowest BCUT2D eigenvalue weighted by Crippen LogP contribution is -2.40. The normalized spacial score (nSPS) is 19.0. The molecule has 130 valence electrons. The average Bonchev–Trinajstić information content (AvgIpc) is 3.07. The van der Waals surface area contributed by atoms with Gasteiger partial charge in [0.1, 0.15) is 5.56 Å². The van der Waals surface area contributed by atoms with Crippen molar-refractivity contribution < 1.29 is 9.72 Å². The zero-order valence-electron chi connectivity index (χ0n) is 13.9. The molecule has 7 heteroatoms. The van der Waals surface area contributed by atoms with E-state index in [2.05, 4.69) is 11.6 Å². The zero-order chi connectivity index (χ0) is 17.2. The van der Waals surface area contributed by atoms with E-state index in [0.717, 1.165) is 25.1 Å². The van der Waals surface area contributed by atoms with E-state index in [0.29, 0.717) is 13.1 Å². The van der Waals surface area contributed by atoms with Crippen molar-refractivity contribution in [2.45, 2.75) is 36.9 Å². The maximum absolute atomic E-state index is 12.6. The van der Waals surface area contributed by atoms with Crippen LogP contribution < -0.4 is 5.32 Å². The lowest BCUT2D eigenvalue weighted by atomic mass is 9.84. The lowest BCUT2D eigenvalue weighted by molar-refractivity contribution is -0.385. The second-order valence-electron chi connectivity index (χ2n) is 6.58. The van der Waals surface area contributed by atoms with E-state index in [1.807, 2.05) is 11.8 Å². The van der Waals surface area contributed by atoms with Crippen LogP contribution in [0.25, 0.3) is 0 Å². The van der Waals surface area contributed by atoms with Gasteiger partial charge in [-0.25, -0.2) is 0 Å². The third kappa shape index (κ3) is 3.36. The number of anilines is 1. The van der Waals surface area contributed by atoms with E-state index >= 15 is 0 Å². The minimum absolute atomic E-state index is 0.110. The van der Waals surface area contributed by atoms with Crippen molar-refractivity contribution in [1.82, 2.24) is 4.90 Å². The fraction of sp³-hybridized carbons (Fsp3) is 0.588. The van der Waals surface area contributed by atoms with E-state index in [-0.39, 0.29) is 21.9 Å². The summed E-state index contributed by atoms with van der Waals surface area (Å²) >= 11 is 1.87. The van der Waals surface area contributed by atoms with Crippen LogP contribution in [0.2, 0.25) is 0 Å². The topological polar surface area (TPSA) is 75.5 Å². The number of likely N-dealkylation sites (tertiary alicyclic amines) is 1. The van der Waals surface area contributed by atoms with Crippen molar-refractivity contribution in [3.8, 4) is 0 Å². The first-order valence-corrected chi connectivity index (χ1v) is 9.64. The third-order valence-electron chi connectivity index (χ3n) is 5.13. The van der Waals surface area contributed by atoms with Gasteiger partial charge in [0.2, 0.25) is 0 Å². The van der Waals surface area contributed by atoms with E-state index in [4.69, 9.17) is 0 Å². The second kappa shape index (κ2) is 7.01. The molecule has 0 aromatic heterocycles. The molecule has 0 spiro atoms. The molecule has 1 N–H and O–H groups in total. The molecule has 1 saturated carbocycles. The van der Waals surface area contributed by atoms with Gasteiger partial charge in [0, 0.05) is 36.1 Å². The predicted molar refractivity (Wildman–Crippen MR) is 96.8 cm³/mol. The first-order chi connectivity index (χ1) is 11.5. The van der Waals surface area contributed by atoms with Gasteiger partial charge in [-0.3, -0.25) is 14.9 Å². The van der Waals surface area contributed by atoms with Crippen LogP contribution in [0.15, 0.2) is 18.2 Å². The molecule has 0 unspecified atom stereocenters. The Morgan fingerprint density at radius 1 is 1.33 bits per heavy atom. The number of carbonyl (C=O) groups excluding carboxylic acids is 1. The zero-order valence-corrected chi connectivity index (χ0v) is 14.7. The number of nitrogens with one attached hydrogen (secondary N) is 1. The molecule has 1 heterocycles. The molecule has 3 rings (SSSR count). The van der Waals surface area contributed by atoms with Crippen LogP contribution in [-0.2, 0) is 0 Å². The molecule has 6 nitrogen and oxygen atoms in total. The molecule has 1 aromatic rings. The number of carbonyl (C=O) groups is 1. The van der Waals surface area contributed by atoms with Crippen LogP contribution >= 0.6 is 11.8 Å². The SMILES string of the molecule is CSC1(CNc2ccc([N+](=O)[O-])c(C(=O)N3CCCC3)c2)CCC1. The summed E-state index contributed by atoms with van der Waals surface area (Å²) in [7, 11) is 0. The number of amides is 1. The molecular formula is C17H23N3O3S.